The summed E-state index contributed by atoms with van der Waals surface area (Å²) in [5, 5.41) is 10.9. The van der Waals surface area contributed by atoms with Crippen LogP contribution in [0.3, 0.4) is 0 Å². The highest BCUT2D eigenvalue weighted by Gasteiger charge is 2.12. The Morgan fingerprint density at radius 3 is 2.83 bits per heavy atom. The second kappa shape index (κ2) is 6.54. The van der Waals surface area contributed by atoms with E-state index in [0.717, 1.165) is 5.56 Å². The molecule has 1 aromatic rings. The Labute approximate surface area is 105 Å². The van der Waals surface area contributed by atoms with Gasteiger partial charge in [-0.3, -0.25) is 14.9 Å². The molecule has 0 N–H and O–H groups in total. The number of ether oxygens (including phenoxy) is 1. The van der Waals surface area contributed by atoms with E-state index in [4.69, 9.17) is 4.74 Å². The van der Waals surface area contributed by atoms with E-state index in [1.165, 1.54) is 6.07 Å². The summed E-state index contributed by atoms with van der Waals surface area (Å²) in [4.78, 5) is 21.5. The molecular weight excluding hydrogens is 234 g/mol. The molecule has 1 aromatic carbocycles. The van der Waals surface area contributed by atoms with Gasteiger partial charge in [0.15, 0.2) is 0 Å². The SMILES string of the molecule is CCOC(=O)CC=Cc1c(C)cccc1[N+](=O)[O-]. The molecule has 0 aliphatic carbocycles. The average Bonchev–Trinajstić information content (AvgIpc) is 2.31. The van der Waals surface area contributed by atoms with Crippen LogP contribution in [-0.4, -0.2) is 17.5 Å². The van der Waals surface area contributed by atoms with Gasteiger partial charge >= 0.3 is 5.97 Å². The number of hydrogen-bond donors (Lipinski definition) is 0. The van der Waals surface area contributed by atoms with E-state index in [9.17, 15) is 14.9 Å². The summed E-state index contributed by atoms with van der Waals surface area (Å²) >= 11 is 0. The lowest BCUT2D eigenvalue weighted by atomic mass is 10.1. The molecule has 0 radical (unpaired) electrons. The summed E-state index contributed by atoms with van der Waals surface area (Å²) in [6.07, 6.45) is 3.27. The number of benzene rings is 1. The van der Waals surface area contributed by atoms with Crippen LogP contribution in [-0.2, 0) is 9.53 Å². The molecular formula is C13H15NO4. The quantitative estimate of drug-likeness (QED) is 0.457. The maximum atomic E-state index is 11.1. The third kappa shape index (κ3) is 3.69. The van der Waals surface area contributed by atoms with E-state index >= 15 is 0 Å². The van der Waals surface area contributed by atoms with E-state index in [1.807, 2.05) is 0 Å². The molecule has 5 heteroatoms. The second-order valence-corrected chi connectivity index (χ2v) is 3.68. The molecule has 96 valence electrons. The van der Waals surface area contributed by atoms with Crippen molar-refractivity contribution in [2.24, 2.45) is 0 Å². The van der Waals surface area contributed by atoms with Crippen molar-refractivity contribution in [1.29, 1.82) is 0 Å². The van der Waals surface area contributed by atoms with Crippen LogP contribution in [0.2, 0.25) is 0 Å². The molecule has 1 rings (SSSR count). The summed E-state index contributed by atoms with van der Waals surface area (Å²) in [6, 6.07) is 4.87. The number of carbonyl (C=O) groups is 1. The highest BCUT2D eigenvalue weighted by atomic mass is 16.6. The Morgan fingerprint density at radius 2 is 2.22 bits per heavy atom. The minimum Gasteiger partial charge on any atom is -0.466 e. The predicted octanol–water partition coefficient (Wildman–Crippen LogP) is 2.87. The highest BCUT2D eigenvalue weighted by molar-refractivity contribution is 5.74. The van der Waals surface area contributed by atoms with Gasteiger partial charge in [0.25, 0.3) is 5.69 Å². The van der Waals surface area contributed by atoms with Gasteiger partial charge in [0, 0.05) is 6.07 Å². The topological polar surface area (TPSA) is 69.4 Å². The van der Waals surface area contributed by atoms with E-state index < -0.39 is 4.92 Å². The van der Waals surface area contributed by atoms with Crippen molar-refractivity contribution in [1.82, 2.24) is 0 Å². The van der Waals surface area contributed by atoms with Crippen molar-refractivity contribution in [3.63, 3.8) is 0 Å². The Kier molecular flexibility index (Phi) is 5.05. The molecule has 5 nitrogen and oxygen atoms in total. The molecule has 18 heavy (non-hydrogen) atoms. The first kappa shape index (κ1) is 13.9. The third-order valence-electron chi connectivity index (χ3n) is 2.37. The van der Waals surface area contributed by atoms with Crippen LogP contribution in [0, 0.1) is 17.0 Å². The molecule has 0 aliphatic rings. The lowest BCUT2D eigenvalue weighted by Gasteiger charge is -2.01. The van der Waals surface area contributed by atoms with Crippen molar-refractivity contribution in [3.05, 3.63) is 45.5 Å². The fourth-order valence-corrected chi connectivity index (χ4v) is 1.53. The standard InChI is InChI=1S/C13H15NO4/c1-3-18-13(15)9-5-7-11-10(2)6-4-8-12(11)14(16)17/h4-8H,3,9H2,1-2H3. The van der Waals surface area contributed by atoms with E-state index in [2.05, 4.69) is 0 Å². The highest BCUT2D eigenvalue weighted by Crippen LogP contribution is 2.23. The van der Waals surface area contributed by atoms with Crippen LogP contribution in [0.25, 0.3) is 6.08 Å². The molecule has 0 spiro atoms. The van der Waals surface area contributed by atoms with E-state index in [0.29, 0.717) is 12.2 Å². The molecule has 0 aromatic heterocycles. The number of carbonyl (C=O) groups excluding carboxylic acids is 1. The van der Waals surface area contributed by atoms with Crippen molar-refractivity contribution in [2.45, 2.75) is 20.3 Å². The van der Waals surface area contributed by atoms with Gasteiger partial charge in [0.1, 0.15) is 0 Å². The zero-order valence-electron chi connectivity index (χ0n) is 10.4. The lowest BCUT2D eigenvalue weighted by molar-refractivity contribution is -0.385. The zero-order chi connectivity index (χ0) is 13.5. The number of nitro groups is 1. The van der Waals surface area contributed by atoms with E-state index in [1.54, 1.807) is 38.1 Å². The number of rotatable bonds is 5. The first-order valence-corrected chi connectivity index (χ1v) is 5.62. The van der Waals surface area contributed by atoms with Crippen LogP contribution in [0.4, 0.5) is 5.69 Å². The normalized spacial score (nSPS) is 10.6. The van der Waals surface area contributed by atoms with Crippen LogP contribution in [0.5, 0.6) is 0 Å². The maximum Gasteiger partial charge on any atom is 0.309 e. The van der Waals surface area contributed by atoms with Gasteiger partial charge in [-0.15, -0.1) is 0 Å². The van der Waals surface area contributed by atoms with Crippen molar-refractivity contribution in [2.75, 3.05) is 6.61 Å². The molecule has 0 saturated heterocycles. The summed E-state index contributed by atoms with van der Waals surface area (Å²) < 4.78 is 4.76. The van der Waals surface area contributed by atoms with Crippen molar-refractivity contribution >= 4 is 17.7 Å². The zero-order valence-corrected chi connectivity index (χ0v) is 10.4. The van der Waals surface area contributed by atoms with Gasteiger partial charge < -0.3 is 4.74 Å². The number of esters is 1. The Hall–Kier alpha value is -2.17. The van der Waals surface area contributed by atoms with E-state index in [-0.39, 0.29) is 18.1 Å². The average molecular weight is 249 g/mol. The fraction of sp³-hybridized carbons (Fsp3) is 0.308. The van der Waals surface area contributed by atoms with Gasteiger partial charge in [-0.2, -0.15) is 0 Å². The minimum absolute atomic E-state index is 0.0371. The first-order chi connectivity index (χ1) is 8.56. The molecule has 0 aliphatic heterocycles. The number of hydrogen-bond acceptors (Lipinski definition) is 4. The minimum atomic E-state index is -0.433. The molecule has 0 saturated carbocycles. The van der Waals surface area contributed by atoms with Crippen molar-refractivity contribution in [3.8, 4) is 0 Å². The molecule has 0 bridgehead atoms. The Morgan fingerprint density at radius 1 is 1.50 bits per heavy atom. The number of aryl methyl sites for hydroxylation is 1. The Balaban J connectivity index is 2.86. The second-order valence-electron chi connectivity index (χ2n) is 3.68. The smallest absolute Gasteiger partial charge is 0.309 e. The van der Waals surface area contributed by atoms with Crippen LogP contribution in [0.15, 0.2) is 24.3 Å². The van der Waals surface area contributed by atoms with Crippen LogP contribution < -0.4 is 0 Å². The summed E-state index contributed by atoms with van der Waals surface area (Å²) in [5.41, 5.74) is 1.35. The predicted molar refractivity (Wildman–Crippen MR) is 68.1 cm³/mol. The largest absolute Gasteiger partial charge is 0.466 e. The molecule has 0 unspecified atom stereocenters. The maximum absolute atomic E-state index is 11.1. The van der Waals surface area contributed by atoms with Gasteiger partial charge in [0.2, 0.25) is 0 Å². The lowest BCUT2D eigenvalue weighted by Crippen LogP contribution is -2.01. The van der Waals surface area contributed by atoms with Gasteiger partial charge in [-0.1, -0.05) is 24.3 Å². The van der Waals surface area contributed by atoms with Crippen LogP contribution in [0.1, 0.15) is 24.5 Å². The summed E-state index contributed by atoms with van der Waals surface area (Å²) in [6.45, 7) is 3.85. The monoisotopic (exact) mass is 249 g/mol. The molecule has 0 amide bonds. The number of nitrogens with zero attached hydrogens (tertiary/aromatic N) is 1. The van der Waals surface area contributed by atoms with Gasteiger partial charge in [0.05, 0.1) is 23.5 Å². The first-order valence-electron chi connectivity index (χ1n) is 5.62. The molecule has 0 heterocycles. The van der Waals surface area contributed by atoms with Crippen LogP contribution >= 0.6 is 0 Å². The number of nitro benzene ring substituents is 1. The summed E-state index contributed by atoms with van der Waals surface area (Å²) in [7, 11) is 0. The summed E-state index contributed by atoms with van der Waals surface area (Å²) in [5.74, 6) is -0.343. The molecule has 0 fully saturated rings. The Bertz CT molecular complexity index is 480. The van der Waals surface area contributed by atoms with Gasteiger partial charge in [-0.05, 0) is 19.4 Å². The van der Waals surface area contributed by atoms with Crippen molar-refractivity contribution < 1.29 is 14.5 Å². The fourth-order valence-electron chi connectivity index (χ4n) is 1.53. The third-order valence-corrected chi connectivity index (χ3v) is 2.37. The van der Waals surface area contributed by atoms with Gasteiger partial charge in [-0.25, -0.2) is 0 Å². The molecule has 0 atom stereocenters.